The van der Waals surface area contributed by atoms with E-state index in [1.807, 2.05) is 30.3 Å². The highest BCUT2D eigenvalue weighted by Crippen LogP contribution is 2.27. The molecule has 2 N–H and O–H groups in total. The first-order valence-electron chi connectivity index (χ1n) is 8.92. The summed E-state index contributed by atoms with van der Waals surface area (Å²) in [5.41, 5.74) is 3.91. The summed E-state index contributed by atoms with van der Waals surface area (Å²) < 4.78 is 5.20. The Labute approximate surface area is 173 Å². The van der Waals surface area contributed by atoms with E-state index in [2.05, 4.69) is 15.8 Å². The molecule has 0 aliphatic rings. The van der Waals surface area contributed by atoms with Crippen LogP contribution in [0.4, 0.5) is 5.69 Å². The fourth-order valence-corrected chi connectivity index (χ4v) is 2.96. The molecule has 3 rings (SSSR count). The third-order valence-corrected chi connectivity index (χ3v) is 4.45. The van der Waals surface area contributed by atoms with Gasteiger partial charge in [0.05, 0.1) is 19.2 Å². The van der Waals surface area contributed by atoms with Crippen molar-refractivity contribution in [3.05, 3.63) is 71.2 Å². The maximum atomic E-state index is 12.3. The summed E-state index contributed by atoms with van der Waals surface area (Å²) in [5.74, 6) is -0.138. The van der Waals surface area contributed by atoms with Crippen molar-refractivity contribution in [2.75, 3.05) is 12.4 Å². The molecule has 6 nitrogen and oxygen atoms in total. The second-order valence-corrected chi connectivity index (χ2v) is 6.86. The Morgan fingerprint density at radius 2 is 1.79 bits per heavy atom. The zero-order chi connectivity index (χ0) is 20.8. The first-order valence-corrected chi connectivity index (χ1v) is 9.30. The van der Waals surface area contributed by atoms with Crippen LogP contribution in [-0.4, -0.2) is 24.6 Å². The predicted molar refractivity (Wildman–Crippen MR) is 116 cm³/mol. The van der Waals surface area contributed by atoms with Crippen molar-refractivity contribution in [2.45, 2.75) is 13.3 Å². The number of hydrazone groups is 1. The second-order valence-electron chi connectivity index (χ2n) is 6.42. The number of ether oxygens (including phenoxy) is 1. The van der Waals surface area contributed by atoms with Gasteiger partial charge in [0.15, 0.2) is 0 Å². The summed E-state index contributed by atoms with van der Waals surface area (Å²) in [6.45, 7) is 1.66. The number of carbonyl (C=O) groups excluding carboxylic acids is 2. The molecule has 148 valence electrons. The van der Waals surface area contributed by atoms with Crippen LogP contribution in [-0.2, 0) is 4.79 Å². The Morgan fingerprint density at radius 3 is 2.55 bits per heavy atom. The molecule has 0 aliphatic heterocycles. The predicted octanol–water partition coefficient (Wildman–Crippen LogP) is 4.64. The van der Waals surface area contributed by atoms with Gasteiger partial charge in [-0.3, -0.25) is 9.59 Å². The van der Waals surface area contributed by atoms with E-state index in [0.29, 0.717) is 27.7 Å². The monoisotopic (exact) mass is 409 g/mol. The molecule has 0 aliphatic carbocycles. The van der Waals surface area contributed by atoms with Crippen LogP contribution in [0.3, 0.4) is 0 Å². The third-order valence-electron chi connectivity index (χ3n) is 4.21. The zero-order valence-electron chi connectivity index (χ0n) is 16.0. The zero-order valence-corrected chi connectivity index (χ0v) is 16.8. The Bertz CT molecular complexity index is 1100. The van der Waals surface area contributed by atoms with Crippen LogP contribution >= 0.6 is 11.6 Å². The van der Waals surface area contributed by atoms with Crippen LogP contribution < -0.4 is 15.5 Å². The highest BCUT2D eigenvalue weighted by atomic mass is 35.5. The Morgan fingerprint density at radius 1 is 1.03 bits per heavy atom. The molecule has 3 aromatic carbocycles. The van der Waals surface area contributed by atoms with E-state index < -0.39 is 0 Å². The smallest absolute Gasteiger partial charge is 0.271 e. The van der Waals surface area contributed by atoms with Crippen LogP contribution in [0.25, 0.3) is 10.8 Å². The Kier molecular flexibility index (Phi) is 6.46. The molecule has 0 unspecified atom stereocenters. The third kappa shape index (κ3) is 5.33. The van der Waals surface area contributed by atoms with Gasteiger partial charge in [-0.1, -0.05) is 41.9 Å². The van der Waals surface area contributed by atoms with Crippen molar-refractivity contribution in [3.8, 4) is 5.75 Å². The molecular formula is C22H20ClN3O3. The van der Waals surface area contributed by atoms with Gasteiger partial charge in [-0.15, -0.1) is 0 Å². The van der Waals surface area contributed by atoms with Crippen LogP contribution in [0.2, 0.25) is 5.02 Å². The summed E-state index contributed by atoms with van der Waals surface area (Å²) >= 11 is 5.96. The van der Waals surface area contributed by atoms with Crippen LogP contribution in [0.15, 0.2) is 65.8 Å². The minimum absolute atomic E-state index is 0.00761. The quantitative estimate of drug-likeness (QED) is 0.460. The van der Waals surface area contributed by atoms with Crippen molar-refractivity contribution < 1.29 is 14.3 Å². The van der Waals surface area contributed by atoms with E-state index in [-0.39, 0.29) is 18.2 Å². The molecule has 0 spiro atoms. The number of rotatable bonds is 6. The molecule has 0 saturated heterocycles. The molecule has 0 aromatic heterocycles. The molecule has 7 heteroatoms. The fourth-order valence-electron chi connectivity index (χ4n) is 2.79. The largest absolute Gasteiger partial charge is 0.495 e. The van der Waals surface area contributed by atoms with Crippen LogP contribution in [0.1, 0.15) is 23.7 Å². The number of benzene rings is 3. The van der Waals surface area contributed by atoms with Crippen LogP contribution in [0, 0.1) is 0 Å². The molecule has 3 aromatic rings. The topological polar surface area (TPSA) is 79.8 Å². The molecular weight excluding hydrogens is 390 g/mol. The van der Waals surface area contributed by atoms with Crippen molar-refractivity contribution in [2.24, 2.45) is 5.10 Å². The SMILES string of the molecule is COc1ccc(Cl)cc1NC(=O)C/C(C)=N\NC(=O)c1ccc2ccccc2c1. The van der Waals surface area contributed by atoms with Gasteiger partial charge in [0.1, 0.15) is 5.75 Å². The first-order chi connectivity index (χ1) is 14.0. The van der Waals surface area contributed by atoms with Crippen molar-refractivity contribution >= 4 is 45.6 Å². The lowest BCUT2D eigenvalue weighted by Crippen LogP contribution is -2.21. The van der Waals surface area contributed by atoms with Gasteiger partial charge in [0.2, 0.25) is 5.91 Å². The molecule has 0 bridgehead atoms. The van der Waals surface area contributed by atoms with Crippen molar-refractivity contribution in [3.63, 3.8) is 0 Å². The lowest BCUT2D eigenvalue weighted by Gasteiger charge is -2.10. The van der Waals surface area contributed by atoms with E-state index in [4.69, 9.17) is 16.3 Å². The number of carbonyl (C=O) groups is 2. The number of hydrogen-bond donors (Lipinski definition) is 2. The van der Waals surface area contributed by atoms with Crippen molar-refractivity contribution in [1.29, 1.82) is 0 Å². The number of amides is 2. The number of nitrogens with zero attached hydrogens (tertiary/aromatic N) is 1. The lowest BCUT2D eigenvalue weighted by atomic mass is 10.1. The number of fused-ring (bicyclic) bond motifs is 1. The second kappa shape index (κ2) is 9.21. The van der Waals surface area contributed by atoms with E-state index >= 15 is 0 Å². The Balaban J connectivity index is 1.61. The summed E-state index contributed by atoms with van der Waals surface area (Å²) in [5, 5.41) is 9.25. The average Bonchev–Trinajstić information content (AvgIpc) is 2.71. The van der Waals surface area contributed by atoms with Gasteiger partial charge >= 0.3 is 0 Å². The normalized spacial score (nSPS) is 11.2. The summed E-state index contributed by atoms with van der Waals surface area (Å²) in [7, 11) is 1.51. The highest BCUT2D eigenvalue weighted by molar-refractivity contribution is 6.31. The number of methoxy groups -OCH3 is 1. The van der Waals surface area contributed by atoms with Gasteiger partial charge in [-0.05, 0) is 48.0 Å². The minimum atomic E-state index is -0.341. The number of hydrogen-bond acceptors (Lipinski definition) is 4. The van der Waals surface area contributed by atoms with E-state index in [0.717, 1.165) is 10.8 Å². The number of anilines is 1. The Hall–Kier alpha value is -3.38. The molecule has 0 atom stereocenters. The highest BCUT2D eigenvalue weighted by Gasteiger charge is 2.11. The van der Waals surface area contributed by atoms with Gasteiger partial charge in [0.25, 0.3) is 5.91 Å². The maximum Gasteiger partial charge on any atom is 0.271 e. The van der Waals surface area contributed by atoms with Gasteiger partial charge in [0, 0.05) is 16.3 Å². The summed E-state index contributed by atoms with van der Waals surface area (Å²) in [4.78, 5) is 24.6. The fraction of sp³-hybridized carbons (Fsp3) is 0.136. The van der Waals surface area contributed by atoms with Crippen LogP contribution in [0.5, 0.6) is 5.75 Å². The van der Waals surface area contributed by atoms with Crippen molar-refractivity contribution in [1.82, 2.24) is 5.43 Å². The molecule has 0 saturated carbocycles. The van der Waals surface area contributed by atoms with E-state index in [1.54, 1.807) is 37.3 Å². The van der Waals surface area contributed by atoms with E-state index in [1.165, 1.54) is 7.11 Å². The van der Waals surface area contributed by atoms with Gasteiger partial charge < -0.3 is 10.1 Å². The van der Waals surface area contributed by atoms with Gasteiger partial charge in [-0.25, -0.2) is 5.43 Å². The van der Waals surface area contributed by atoms with Gasteiger partial charge in [-0.2, -0.15) is 5.10 Å². The maximum absolute atomic E-state index is 12.3. The summed E-state index contributed by atoms with van der Waals surface area (Å²) in [6.07, 6.45) is 0.00761. The first kappa shape index (κ1) is 20.4. The number of halogens is 1. The van der Waals surface area contributed by atoms with E-state index in [9.17, 15) is 9.59 Å². The standard InChI is InChI=1S/C22H20ClN3O3/c1-14(11-21(27)24-19-13-18(23)9-10-20(19)29-2)25-26-22(28)17-8-7-15-5-3-4-6-16(15)12-17/h3-10,12-13H,11H2,1-2H3,(H,24,27)(H,26,28)/b25-14-. The summed E-state index contributed by atoms with van der Waals surface area (Å²) in [6, 6.07) is 18.1. The minimum Gasteiger partial charge on any atom is -0.495 e. The average molecular weight is 410 g/mol. The molecule has 2 amide bonds. The molecule has 0 heterocycles. The molecule has 29 heavy (non-hydrogen) atoms. The number of nitrogens with one attached hydrogen (secondary N) is 2. The molecule has 0 radical (unpaired) electrons. The lowest BCUT2D eigenvalue weighted by molar-refractivity contribution is -0.115. The molecule has 0 fully saturated rings.